The van der Waals surface area contributed by atoms with Crippen molar-refractivity contribution in [2.75, 3.05) is 12.1 Å². The van der Waals surface area contributed by atoms with E-state index >= 15 is 0 Å². The summed E-state index contributed by atoms with van der Waals surface area (Å²) < 4.78 is 12.6. The van der Waals surface area contributed by atoms with Crippen LogP contribution in [0.5, 0.6) is 11.5 Å². The Kier molecular flexibility index (Phi) is 3.79. The second-order valence-corrected chi connectivity index (χ2v) is 7.09. The molecular formula is C20H16ClN3O3. The molecule has 0 bridgehead atoms. The maximum absolute atomic E-state index is 12.3. The number of amides is 1. The van der Waals surface area contributed by atoms with Gasteiger partial charge >= 0.3 is 0 Å². The lowest BCUT2D eigenvalue weighted by Crippen LogP contribution is -2.25. The summed E-state index contributed by atoms with van der Waals surface area (Å²) in [5, 5.41) is 8.17. The Morgan fingerprint density at radius 3 is 2.81 bits per heavy atom. The fourth-order valence-electron chi connectivity index (χ4n) is 3.59. The number of aromatic nitrogens is 2. The van der Waals surface area contributed by atoms with Crippen molar-refractivity contribution < 1.29 is 14.3 Å². The molecule has 0 saturated carbocycles. The van der Waals surface area contributed by atoms with Gasteiger partial charge in [0.25, 0.3) is 0 Å². The first kappa shape index (κ1) is 16.2. The standard InChI is InChI=1S/C20H16ClN3O3/c21-14-4-2-13(3-5-14)15-8-19(25)23-20-16(15)9-22-24(20)10-12-1-6-17-18(7-12)27-11-26-17/h1-7,9,15H,8,10-11H2,(H,23,25)/t15-/m1/s1. The Balaban J connectivity index is 1.48. The van der Waals surface area contributed by atoms with E-state index in [-0.39, 0.29) is 18.6 Å². The van der Waals surface area contributed by atoms with Gasteiger partial charge in [-0.05, 0) is 35.4 Å². The molecule has 2 aliphatic rings. The molecule has 0 fully saturated rings. The molecule has 0 spiro atoms. The number of rotatable bonds is 3. The molecule has 7 heteroatoms. The van der Waals surface area contributed by atoms with Gasteiger partial charge in [0.05, 0.1) is 12.7 Å². The van der Waals surface area contributed by atoms with Gasteiger partial charge < -0.3 is 14.8 Å². The smallest absolute Gasteiger partial charge is 0.231 e. The summed E-state index contributed by atoms with van der Waals surface area (Å²) in [7, 11) is 0. The summed E-state index contributed by atoms with van der Waals surface area (Å²) in [6.07, 6.45) is 2.23. The quantitative estimate of drug-likeness (QED) is 0.749. The van der Waals surface area contributed by atoms with Gasteiger partial charge in [0, 0.05) is 22.9 Å². The lowest BCUT2D eigenvalue weighted by molar-refractivity contribution is -0.116. The Labute approximate surface area is 160 Å². The Morgan fingerprint density at radius 1 is 1.15 bits per heavy atom. The van der Waals surface area contributed by atoms with Crippen LogP contribution in [0.15, 0.2) is 48.7 Å². The van der Waals surface area contributed by atoms with Crippen LogP contribution in [-0.4, -0.2) is 22.5 Å². The number of nitrogens with one attached hydrogen (secondary N) is 1. The van der Waals surface area contributed by atoms with Crippen molar-refractivity contribution in [2.45, 2.75) is 18.9 Å². The molecule has 1 atom stereocenters. The molecule has 6 nitrogen and oxygen atoms in total. The fourth-order valence-corrected chi connectivity index (χ4v) is 3.72. The molecule has 27 heavy (non-hydrogen) atoms. The highest BCUT2D eigenvalue weighted by molar-refractivity contribution is 6.30. The fraction of sp³-hybridized carbons (Fsp3) is 0.200. The largest absolute Gasteiger partial charge is 0.454 e. The minimum Gasteiger partial charge on any atom is -0.454 e. The number of carbonyl (C=O) groups is 1. The van der Waals surface area contributed by atoms with E-state index < -0.39 is 0 Å². The third kappa shape index (κ3) is 2.92. The van der Waals surface area contributed by atoms with E-state index in [4.69, 9.17) is 21.1 Å². The first-order chi connectivity index (χ1) is 13.2. The predicted octanol–water partition coefficient (Wildman–Crippen LogP) is 3.79. The van der Waals surface area contributed by atoms with Crippen molar-refractivity contribution in [3.63, 3.8) is 0 Å². The van der Waals surface area contributed by atoms with Gasteiger partial charge in [-0.1, -0.05) is 29.8 Å². The summed E-state index contributed by atoms with van der Waals surface area (Å²) in [6, 6.07) is 13.4. The normalized spacial score (nSPS) is 17.5. The highest BCUT2D eigenvalue weighted by Gasteiger charge is 2.30. The summed E-state index contributed by atoms with van der Waals surface area (Å²) in [5.74, 6) is 2.17. The van der Waals surface area contributed by atoms with Crippen molar-refractivity contribution in [1.29, 1.82) is 0 Å². The van der Waals surface area contributed by atoms with E-state index in [1.54, 1.807) is 0 Å². The van der Waals surface area contributed by atoms with Gasteiger partial charge in [-0.25, -0.2) is 4.68 Å². The molecular weight excluding hydrogens is 366 g/mol. The van der Waals surface area contributed by atoms with Gasteiger partial charge in [-0.3, -0.25) is 4.79 Å². The van der Waals surface area contributed by atoms with Crippen LogP contribution in [0.2, 0.25) is 5.02 Å². The van der Waals surface area contributed by atoms with Gasteiger partial charge in [-0.15, -0.1) is 0 Å². The van der Waals surface area contributed by atoms with Gasteiger partial charge in [0.1, 0.15) is 5.82 Å². The highest BCUT2D eigenvalue weighted by Crippen LogP contribution is 2.38. The summed E-state index contributed by atoms with van der Waals surface area (Å²) in [4.78, 5) is 12.3. The van der Waals surface area contributed by atoms with Crippen LogP contribution in [0.3, 0.4) is 0 Å². The van der Waals surface area contributed by atoms with Crippen LogP contribution in [0.25, 0.3) is 0 Å². The number of fused-ring (bicyclic) bond motifs is 2. The number of benzene rings is 2. The average Bonchev–Trinajstić information content (AvgIpc) is 3.29. The van der Waals surface area contributed by atoms with Crippen LogP contribution in [-0.2, 0) is 11.3 Å². The lowest BCUT2D eigenvalue weighted by Gasteiger charge is -2.24. The maximum Gasteiger partial charge on any atom is 0.231 e. The van der Waals surface area contributed by atoms with Gasteiger partial charge in [-0.2, -0.15) is 5.10 Å². The molecule has 1 amide bonds. The second kappa shape index (κ2) is 6.32. The topological polar surface area (TPSA) is 65.4 Å². The Hall–Kier alpha value is -2.99. The molecule has 0 saturated heterocycles. The minimum atomic E-state index is -0.0310. The van der Waals surface area contributed by atoms with Gasteiger partial charge in [0.2, 0.25) is 12.7 Å². The zero-order chi connectivity index (χ0) is 18.4. The zero-order valence-electron chi connectivity index (χ0n) is 14.3. The highest BCUT2D eigenvalue weighted by atomic mass is 35.5. The third-order valence-electron chi connectivity index (χ3n) is 4.93. The molecule has 0 aliphatic carbocycles. The predicted molar refractivity (Wildman–Crippen MR) is 100 cm³/mol. The lowest BCUT2D eigenvalue weighted by atomic mass is 9.87. The molecule has 3 heterocycles. The Morgan fingerprint density at radius 2 is 1.96 bits per heavy atom. The molecule has 1 aromatic heterocycles. The van der Waals surface area contributed by atoms with E-state index in [0.29, 0.717) is 18.0 Å². The van der Waals surface area contributed by atoms with Crippen molar-refractivity contribution >= 4 is 23.3 Å². The molecule has 136 valence electrons. The van der Waals surface area contributed by atoms with Gasteiger partial charge in [0.15, 0.2) is 11.5 Å². The summed E-state index contributed by atoms with van der Waals surface area (Å²) >= 11 is 6.00. The zero-order valence-corrected chi connectivity index (χ0v) is 15.1. The van der Waals surface area contributed by atoms with Crippen molar-refractivity contribution in [2.24, 2.45) is 0 Å². The van der Waals surface area contributed by atoms with Crippen molar-refractivity contribution in [3.05, 3.63) is 70.4 Å². The van der Waals surface area contributed by atoms with Crippen LogP contribution in [0.4, 0.5) is 5.82 Å². The van der Waals surface area contributed by atoms with Crippen LogP contribution >= 0.6 is 11.6 Å². The molecule has 5 rings (SSSR count). The number of anilines is 1. The Bertz CT molecular complexity index is 1030. The molecule has 0 radical (unpaired) electrons. The van der Waals surface area contributed by atoms with E-state index in [9.17, 15) is 4.79 Å². The van der Waals surface area contributed by atoms with E-state index in [0.717, 1.165) is 34.0 Å². The van der Waals surface area contributed by atoms with Crippen LogP contribution < -0.4 is 14.8 Å². The summed E-state index contributed by atoms with van der Waals surface area (Å²) in [5.41, 5.74) is 3.09. The van der Waals surface area contributed by atoms with Crippen LogP contribution in [0.1, 0.15) is 29.0 Å². The van der Waals surface area contributed by atoms with Crippen LogP contribution in [0, 0.1) is 0 Å². The number of hydrogen-bond acceptors (Lipinski definition) is 4. The first-order valence-electron chi connectivity index (χ1n) is 8.67. The number of carbonyl (C=O) groups excluding carboxylic acids is 1. The van der Waals surface area contributed by atoms with E-state index in [1.807, 2.05) is 53.3 Å². The first-order valence-corrected chi connectivity index (χ1v) is 9.05. The second-order valence-electron chi connectivity index (χ2n) is 6.65. The van der Waals surface area contributed by atoms with E-state index in [2.05, 4.69) is 10.4 Å². The van der Waals surface area contributed by atoms with Crippen molar-refractivity contribution in [3.8, 4) is 11.5 Å². The molecule has 2 aliphatic heterocycles. The molecule has 3 aromatic rings. The molecule has 0 unspecified atom stereocenters. The third-order valence-corrected chi connectivity index (χ3v) is 5.18. The maximum atomic E-state index is 12.3. The number of halogens is 1. The average molecular weight is 382 g/mol. The molecule has 2 aromatic carbocycles. The number of hydrogen-bond donors (Lipinski definition) is 1. The molecule has 1 N–H and O–H groups in total. The minimum absolute atomic E-state index is 0.0186. The van der Waals surface area contributed by atoms with E-state index in [1.165, 1.54) is 0 Å². The summed E-state index contributed by atoms with van der Waals surface area (Å²) in [6.45, 7) is 0.772. The SMILES string of the molecule is O=C1C[C@H](c2ccc(Cl)cc2)c2cnn(Cc3ccc4c(c3)OCO4)c2N1. The monoisotopic (exact) mass is 381 g/mol. The van der Waals surface area contributed by atoms with Crippen molar-refractivity contribution in [1.82, 2.24) is 9.78 Å². The number of ether oxygens (including phenoxy) is 2. The number of nitrogens with zero attached hydrogens (tertiary/aromatic N) is 2.